The number of hydrogen-bond donors (Lipinski definition) is 3. The fourth-order valence-electron chi connectivity index (χ4n) is 1.54. The predicted octanol–water partition coefficient (Wildman–Crippen LogP) is 0.368. The SMILES string of the molecule is Cc1cccc(N(CCO)CCO)c1N. The maximum atomic E-state index is 8.92. The summed E-state index contributed by atoms with van der Waals surface area (Å²) in [5.41, 5.74) is 8.53. The molecular formula is C11H18N2O2. The van der Waals surface area contributed by atoms with Crippen molar-refractivity contribution in [1.29, 1.82) is 0 Å². The molecule has 0 aliphatic rings. The molecule has 1 aromatic carbocycles. The first-order valence-corrected chi connectivity index (χ1v) is 5.02. The summed E-state index contributed by atoms with van der Waals surface area (Å²) in [6.45, 7) is 3.00. The lowest BCUT2D eigenvalue weighted by molar-refractivity contribution is 0.281. The minimum atomic E-state index is 0.0490. The highest BCUT2D eigenvalue weighted by atomic mass is 16.3. The van der Waals surface area contributed by atoms with Crippen molar-refractivity contribution in [3.63, 3.8) is 0 Å². The van der Waals surface area contributed by atoms with Crippen LogP contribution in [0.4, 0.5) is 11.4 Å². The maximum absolute atomic E-state index is 8.92. The van der Waals surface area contributed by atoms with Gasteiger partial charge in [0.15, 0.2) is 0 Å². The van der Waals surface area contributed by atoms with E-state index in [0.29, 0.717) is 18.8 Å². The van der Waals surface area contributed by atoms with E-state index >= 15 is 0 Å². The molecule has 0 fully saturated rings. The van der Waals surface area contributed by atoms with Crippen LogP contribution in [0.25, 0.3) is 0 Å². The summed E-state index contributed by atoms with van der Waals surface area (Å²) < 4.78 is 0. The van der Waals surface area contributed by atoms with E-state index in [1.54, 1.807) is 0 Å². The Labute approximate surface area is 89.9 Å². The molecule has 0 aliphatic heterocycles. The van der Waals surface area contributed by atoms with Crippen molar-refractivity contribution in [2.45, 2.75) is 6.92 Å². The van der Waals surface area contributed by atoms with E-state index < -0.39 is 0 Å². The second-order valence-electron chi connectivity index (χ2n) is 3.44. The topological polar surface area (TPSA) is 69.7 Å². The summed E-state index contributed by atoms with van der Waals surface area (Å²) >= 11 is 0. The first-order chi connectivity index (χ1) is 7.20. The molecule has 1 aromatic rings. The molecule has 0 radical (unpaired) electrons. The third-order valence-corrected chi connectivity index (χ3v) is 2.38. The Hall–Kier alpha value is -1.26. The summed E-state index contributed by atoms with van der Waals surface area (Å²) in [5, 5.41) is 17.8. The van der Waals surface area contributed by atoms with Crippen LogP contribution < -0.4 is 10.6 Å². The molecular weight excluding hydrogens is 192 g/mol. The van der Waals surface area contributed by atoms with Crippen molar-refractivity contribution < 1.29 is 10.2 Å². The van der Waals surface area contributed by atoms with Crippen molar-refractivity contribution in [3.8, 4) is 0 Å². The monoisotopic (exact) mass is 210 g/mol. The minimum absolute atomic E-state index is 0.0490. The lowest BCUT2D eigenvalue weighted by Crippen LogP contribution is -2.30. The third-order valence-electron chi connectivity index (χ3n) is 2.38. The average molecular weight is 210 g/mol. The zero-order valence-corrected chi connectivity index (χ0v) is 8.98. The fourth-order valence-corrected chi connectivity index (χ4v) is 1.54. The van der Waals surface area contributed by atoms with Gasteiger partial charge in [0.05, 0.1) is 24.6 Å². The van der Waals surface area contributed by atoms with E-state index in [9.17, 15) is 0 Å². The first kappa shape index (κ1) is 11.8. The minimum Gasteiger partial charge on any atom is -0.397 e. The molecule has 0 aliphatic carbocycles. The lowest BCUT2D eigenvalue weighted by atomic mass is 10.1. The van der Waals surface area contributed by atoms with Crippen molar-refractivity contribution in [1.82, 2.24) is 0 Å². The highest BCUT2D eigenvalue weighted by Crippen LogP contribution is 2.25. The van der Waals surface area contributed by atoms with Gasteiger partial charge in [0.2, 0.25) is 0 Å². The number of aryl methyl sites for hydroxylation is 1. The smallest absolute Gasteiger partial charge is 0.0606 e. The number of anilines is 2. The molecule has 4 N–H and O–H groups in total. The Morgan fingerprint density at radius 3 is 2.33 bits per heavy atom. The van der Waals surface area contributed by atoms with Gasteiger partial charge in [0.25, 0.3) is 0 Å². The van der Waals surface area contributed by atoms with E-state index in [2.05, 4.69) is 0 Å². The molecule has 0 atom stereocenters. The molecule has 0 heterocycles. The number of benzene rings is 1. The van der Waals surface area contributed by atoms with Crippen LogP contribution in [-0.2, 0) is 0 Å². The van der Waals surface area contributed by atoms with E-state index in [1.807, 2.05) is 30.0 Å². The Morgan fingerprint density at radius 2 is 1.80 bits per heavy atom. The van der Waals surface area contributed by atoms with Crippen LogP contribution in [0.2, 0.25) is 0 Å². The molecule has 84 valence electrons. The van der Waals surface area contributed by atoms with Gasteiger partial charge in [-0.25, -0.2) is 0 Å². The van der Waals surface area contributed by atoms with E-state index in [-0.39, 0.29) is 13.2 Å². The number of aliphatic hydroxyl groups excluding tert-OH is 2. The van der Waals surface area contributed by atoms with Crippen LogP contribution in [0.1, 0.15) is 5.56 Å². The second kappa shape index (κ2) is 5.58. The Morgan fingerprint density at radius 1 is 1.20 bits per heavy atom. The van der Waals surface area contributed by atoms with Gasteiger partial charge in [-0.15, -0.1) is 0 Å². The molecule has 0 aromatic heterocycles. The number of rotatable bonds is 5. The van der Waals surface area contributed by atoms with Gasteiger partial charge in [0.1, 0.15) is 0 Å². The Bertz CT molecular complexity index is 309. The third kappa shape index (κ3) is 2.84. The Balaban J connectivity index is 2.94. The number of aliphatic hydroxyl groups is 2. The van der Waals surface area contributed by atoms with Gasteiger partial charge in [-0.1, -0.05) is 12.1 Å². The number of nitrogens with zero attached hydrogens (tertiary/aromatic N) is 1. The lowest BCUT2D eigenvalue weighted by Gasteiger charge is -2.25. The largest absolute Gasteiger partial charge is 0.397 e. The van der Waals surface area contributed by atoms with Crippen molar-refractivity contribution in [2.75, 3.05) is 36.9 Å². The molecule has 0 saturated heterocycles. The Kier molecular flexibility index (Phi) is 4.39. The van der Waals surface area contributed by atoms with Crippen molar-refractivity contribution in [2.24, 2.45) is 0 Å². The molecule has 0 bridgehead atoms. The van der Waals surface area contributed by atoms with Gasteiger partial charge in [0, 0.05) is 13.1 Å². The second-order valence-corrected chi connectivity index (χ2v) is 3.44. The highest BCUT2D eigenvalue weighted by Gasteiger charge is 2.09. The molecule has 4 nitrogen and oxygen atoms in total. The van der Waals surface area contributed by atoms with E-state index in [4.69, 9.17) is 15.9 Å². The van der Waals surface area contributed by atoms with Crippen molar-refractivity contribution in [3.05, 3.63) is 23.8 Å². The van der Waals surface area contributed by atoms with Gasteiger partial charge in [-0.3, -0.25) is 0 Å². The summed E-state index contributed by atoms with van der Waals surface area (Å²) in [6, 6.07) is 5.76. The molecule has 0 saturated carbocycles. The quantitative estimate of drug-likeness (QED) is 0.614. The predicted molar refractivity (Wildman–Crippen MR) is 62.0 cm³/mol. The molecule has 0 spiro atoms. The number of hydrogen-bond acceptors (Lipinski definition) is 4. The number of nitrogen functional groups attached to an aromatic ring is 1. The highest BCUT2D eigenvalue weighted by molar-refractivity contribution is 5.70. The standard InChI is InChI=1S/C11H18N2O2/c1-9-3-2-4-10(11(9)12)13(5-7-14)6-8-15/h2-4,14-15H,5-8,12H2,1H3. The maximum Gasteiger partial charge on any atom is 0.0606 e. The van der Waals surface area contributed by atoms with Gasteiger partial charge >= 0.3 is 0 Å². The fraction of sp³-hybridized carbons (Fsp3) is 0.455. The summed E-state index contributed by atoms with van der Waals surface area (Å²) in [4.78, 5) is 1.88. The summed E-state index contributed by atoms with van der Waals surface area (Å²) in [6.07, 6.45) is 0. The van der Waals surface area contributed by atoms with Crippen LogP contribution in [0, 0.1) is 6.92 Å². The zero-order chi connectivity index (χ0) is 11.3. The molecule has 0 unspecified atom stereocenters. The number of nitrogens with two attached hydrogens (primary N) is 1. The number of para-hydroxylation sites is 1. The molecule has 4 heteroatoms. The van der Waals surface area contributed by atoms with Gasteiger partial charge in [-0.05, 0) is 18.6 Å². The van der Waals surface area contributed by atoms with Crippen LogP contribution in [0.5, 0.6) is 0 Å². The van der Waals surface area contributed by atoms with Crippen LogP contribution in [0.3, 0.4) is 0 Å². The van der Waals surface area contributed by atoms with Gasteiger partial charge in [-0.2, -0.15) is 0 Å². The molecule has 0 amide bonds. The van der Waals surface area contributed by atoms with Crippen LogP contribution in [-0.4, -0.2) is 36.5 Å². The molecule has 15 heavy (non-hydrogen) atoms. The van der Waals surface area contributed by atoms with Crippen molar-refractivity contribution >= 4 is 11.4 Å². The normalized spacial score (nSPS) is 10.3. The summed E-state index contributed by atoms with van der Waals surface area (Å²) in [7, 11) is 0. The zero-order valence-electron chi connectivity index (χ0n) is 8.98. The van der Waals surface area contributed by atoms with E-state index in [0.717, 1.165) is 11.3 Å². The average Bonchev–Trinajstić information content (AvgIpc) is 2.22. The first-order valence-electron chi connectivity index (χ1n) is 5.02. The summed E-state index contributed by atoms with van der Waals surface area (Å²) in [5.74, 6) is 0. The van der Waals surface area contributed by atoms with E-state index in [1.165, 1.54) is 0 Å². The molecule has 1 rings (SSSR count). The van der Waals surface area contributed by atoms with Crippen LogP contribution in [0.15, 0.2) is 18.2 Å². The van der Waals surface area contributed by atoms with Gasteiger partial charge < -0.3 is 20.8 Å². The van der Waals surface area contributed by atoms with Crippen LogP contribution >= 0.6 is 0 Å².